The maximum absolute atomic E-state index is 13.0. The van der Waals surface area contributed by atoms with Crippen molar-refractivity contribution in [2.45, 2.75) is 32.6 Å². The first-order valence-electron chi connectivity index (χ1n) is 8.02. The summed E-state index contributed by atoms with van der Waals surface area (Å²) in [5, 5.41) is 4.43. The van der Waals surface area contributed by atoms with Crippen LogP contribution in [0.1, 0.15) is 22.5 Å². The molecule has 0 saturated carbocycles. The van der Waals surface area contributed by atoms with E-state index in [9.17, 15) is 8.42 Å². The Morgan fingerprint density at radius 1 is 0.880 bits per heavy atom. The molecule has 1 N–H and O–H groups in total. The average Bonchev–Trinajstić information content (AvgIpc) is 2.87. The van der Waals surface area contributed by atoms with Gasteiger partial charge < -0.3 is 0 Å². The van der Waals surface area contributed by atoms with Crippen LogP contribution < -0.4 is 4.72 Å². The van der Waals surface area contributed by atoms with E-state index in [0.29, 0.717) is 17.1 Å². The van der Waals surface area contributed by atoms with Crippen LogP contribution in [0.15, 0.2) is 53.4 Å². The third-order valence-electron chi connectivity index (χ3n) is 4.21. The van der Waals surface area contributed by atoms with Gasteiger partial charge in [-0.1, -0.05) is 36.4 Å². The van der Waals surface area contributed by atoms with Crippen LogP contribution in [0.4, 0.5) is 5.69 Å². The molecule has 6 heteroatoms. The minimum Gasteiger partial charge on any atom is -0.279 e. The van der Waals surface area contributed by atoms with Crippen LogP contribution in [-0.4, -0.2) is 18.2 Å². The fourth-order valence-electron chi connectivity index (χ4n) is 3.00. The van der Waals surface area contributed by atoms with Gasteiger partial charge >= 0.3 is 0 Å². The summed E-state index contributed by atoms with van der Waals surface area (Å²) in [6.45, 7) is 7.26. The molecule has 0 spiro atoms. The minimum atomic E-state index is -3.74. The molecule has 0 unspecified atom stereocenters. The van der Waals surface area contributed by atoms with Crippen molar-refractivity contribution in [1.29, 1.82) is 0 Å². The van der Waals surface area contributed by atoms with E-state index in [1.165, 1.54) is 0 Å². The van der Waals surface area contributed by atoms with Gasteiger partial charge in [-0.25, -0.2) is 13.1 Å². The van der Waals surface area contributed by atoms with Crippen molar-refractivity contribution in [1.82, 2.24) is 9.78 Å². The van der Waals surface area contributed by atoms with E-state index in [0.717, 1.165) is 16.8 Å². The largest absolute Gasteiger partial charge is 0.279 e. The molecule has 0 aliphatic rings. The number of hydrogen-bond donors (Lipinski definition) is 1. The van der Waals surface area contributed by atoms with Crippen LogP contribution >= 0.6 is 0 Å². The third-order valence-corrected chi connectivity index (χ3v) is 5.81. The highest BCUT2D eigenvalue weighted by molar-refractivity contribution is 7.92. The topological polar surface area (TPSA) is 64.0 Å². The lowest BCUT2D eigenvalue weighted by molar-refractivity contribution is 0.600. The van der Waals surface area contributed by atoms with Crippen molar-refractivity contribution in [3.05, 3.63) is 71.0 Å². The van der Waals surface area contributed by atoms with Crippen molar-refractivity contribution in [2.75, 3.05) is 4.72 Å². The summed E-state index contributed by atoms with van der Waals surface area (Å²) in [6.07, 6.45) is 0. The van der Waals surface area contributed by atoms with E-state index in [1.54, 1.807) is 18.5 Å². The lowest BCUT2D eigenvalue weighted by Crippen LogP contribution is -2.16. The van der Waals surface area contributed by atoms with Gasteiger partial charge in [0.15, 0.2) is 0 Å². The molecule has 1 aromatic heterocycles. The molecule has 0 aliphatic carbocycles. The van der Waals surface area contributed by atoms with Crippen LogP contribution in [0, 0.1) is 27.7 Å². The number of anilines is 1. The average molecular weight is 355 g/mol. The van der Waals surface area contributed by atoms with E-state index in [4.69, 9.17) is 0 Å². The number of benzene rings is 2. The minimum absolute atomic E-state index is 0.221. The fourth-order valence-corrected chi connectivity index (χ4v) is 4.60. The molecule has 0 amide bonds. The smallest absolute Gasteiger partial charge is 0.265 e. The zero-order valence-corrected chi connectivity index (χ0v) is 15.6. The van der Waals surface area contributed by atoms with Crippen molar-refractivity contribution >= 4 is 15.7 Å². The first kappa shape index (κ1) is 17.2. The first-order chi connectivity index (χ1) is 11.8. The summed E-state index contributed by atoms with van der Waals surface area (Å²) in [6, 6.07) is 15.2. The number of aromatic nitrogens is 2. The lowest BCUT2D eigenvalue weighted by Gasteiger charge is -2.13. The Morgan fingerprint density at radius 2 is 1.48 bits per heavy atom. The van der Waals surface area contributed by atoms with Crippen LogP contribution in [0.3, 0.4) is 0 Å². The summed E-state index contributed by atoms with van der Waals surface area (Å²) in [4.78, 5) is 0.221. The Kier molecular flexibility index (Phi) is 4.39. The molecule has 0 aliphatic heterocycles. The highest BCUT2D eigenvalue weighted by atomic mass is 32.2. The molecule has 3 aromatic rings. The molecule has 1 heterocycles. The predicted molar refractivity (Wildman–Crippen MR) is 99.8 cm³/mol. The highest BCUT2D eigenvalue weighted by Crippen LogP contribution is 2.27. The Labute approximate surface area is 148 Å². The molecule has 130 valence electrons. The molecular formula is C19H21N3O2S. The third kappa shape index (κ3) is 3.17. The summed E-state index contributed by atoms with van der Waals surface area (Å²) < 4.78 is 30.5. The molecule has 0 bridgehead atoms. The van der Waals surface area contributed by atoms with Crippen molar-refractivity contribution < 1.29 is 8.42 Å². The van der Waals surface area contributed by atoms with Crippen LogP contribution in [0.2, 0.25) is 0 Å². The van der Waals surface area contributed by atoms with Crippen LogP contribution in [0.25, 0.3) is 5.69 Å². The molecular weight excluding hydrogens is 334 g/mol. The van der Waals surface area contributed by atoms with Gasteiger partial charge in [-0.3, -0.25) is 4.72 Å². The van der Waals surface area contributed by atoms with Gasteiger partial charge in [-0.05, 0) is 51.0 Å². The summed E-state index contributed by atoms with van der Waals surface area (Å²) in [7, 11) is -3.74. The second-order valence-corrected chi connectivity index (χ2v) is 7.74. The van der Waals surface area contributed by atoms with E-state index in [2.05, 4.69) is 9.82 Å². The first-order valence-corrected chi connectivity index (χ1v) is 9.50. The number of para-hydroxylation sites is 2. The quantitative estimate of drug-likeness (QED) is 0.772. The zero-order valence-electron chi connectivity index (χ0n) is 14.7. The van der Waals surface area contributed by atoms with Crippen molar-refractivity contribution in [3.63, 3.8) is 0 Å². The number of sulfonamides is 1. The predicted octanol–water partition coefficient (Wildman–Crippen LogP) is 3.91. The van der Waals surface area contributed by atoms with Crippen LogP contribution in [0.5, 0.6) is 0 Å². The number of nitrogens with zero attached hydrogens (tertiary/aromatic N) is 2. The molecule has 0 saturated heterocycles. The van der Waals surface area contributed by atoms with Crippen molar-refractivity contribution in [2.24, 2.45) is 0 Å². The molecule has 0 atom stereocenters. The maximum atomic E-state index is 13.0. The number of nitrogens with one attached hydrogen (secondary N) is 1. The van der Waals surface area contributed by atoms with Crippen LogP contribution in [-0.2, 0) is 10.0 Å². The van der Waals surface area contributed by atoms with Gasteiger partial charge in [-0.15, -0.1) is 0 Å². The standard InChI is InChI=1S/C19H21N3O2S/c1-13-9-8-10-14(2)18(13)21-25(23,24)19-15(3)20-22(16(19)4)17-11-6-5-7-12-17/h5-12,21H,1-4H3. The Hall–Kier alpha value is -2.60. The van der Waals surface area contributed by atoms with Gasteiger partial charge in [-0.2, -0.15) is 5.10 Å². The highest BCUT2D eigenvalue weighted by Gasteiger charge is 2.26. The summed E-state index contributed by atoms with van der Waals surface area (Å²) in [5.74, 6) is 0. The molecule has 2 aromatic carbocycles. The zero-order chi connectivity index (χ0) is 18.2. The van der Waals surface area contributed by atoms with Gasteiger partial charge in [0, 0.05) is 0 Å². The summed E-state index contributed by atoms with van der Waals surface area (Å²) >= 11 is 0. The monoisotopic (exact) mass is 355 g/mol. The molecule has 3 rings (SSSR count). The molecule has 5 nitrogen and oxygen atoms in total. The lowest BCUT2D eigenvalue weighted by atomic mass is 10.1. The van der Waals surface area contributed by atoms with Crippen molar-refractivity contribution in [3.8, 4) is 5.69 Å². The molecule has 25 heavy (non-hydrogen) atoms. The Morgan fingerprint density at radius 3 is 2.08 bits per heavy atom. The second kappa shape index (κ2) is 6.37. The maximum Gasteiger partial charge on any atom is 0.265 e. The van der Waals surface area contributed by atoms with E-state index >= 15 is 0 Å². The second-order valence-electron chi connectivity index (χ2n) is 6.12. The SMILES string of the molecule is Cc1cccc(C)c1NS(=O)(=O)c1c(C)nn(-c2ccccc2)c1C. The van der Waals surface area contributed by atoms with E-state index in [1.807, 2.05) is 62.4 Å². The Bertz CT molecular complexity index is 1000. The number of aryl methyl sites for hydroxylation is 3. The van der Waals surface area contributed by atoms with Gasteiger partial charge in [0.25, 0.3) is 10.0 Å². The fraction of sp³-hybridized carbons (Fsp3) is 0.211. The summed E-state index contributed by atoms with van der Waals surface area (Å²) in [5.41, 5.74) is 4.27. The normalized spacial score (nSPS) is 11.5. The van der Waals surface area contributed by atoms with Gasteiger partial charge in [0.05, 0.1) is 22.8 Å². The van der Waals surface area contributed by atoms with E-state index in [-0.39, 0.29) is 4.90 Å². The Balaban J connectivity index is 2.08. The molecule has 0 fully saturated rings. The van der Waals surface area contributed by atoms with Gasteiger partial charge in [0.2, 0.25) is 0 Å². The number of hydrogen-bond acceptors (Lipinski definition) is 3. The number of rotatable bonds is 4. The van der Waals surface area contributed by atoms with E-state index < -0.39 is 10.0 Å². The van der Waals surface area contributed by atoms with Gasteiger partial charge in [0.1, 0.15) is 4.90 Å². The molecule has 0 radical (unpaired) electrons.